The standard InChI is InChI=1S/C20H21Cl2NO4/c1-11-16(20(25)27-10-9-26-2)17(12-5-3-6-13(21)19(12)22)18-14(23-11)7-4-8-15(18)24/h3,5-6,16-17H,4,7-10H2,1-2H3/t16?,17-/m0/s1. The van der Waals surface area contributed by atoms with E-state index in [0.717, 1.165) is 12.1 Å². The number of halogens is 2. The number of benzene rings is 1. The molecule has 1 aromatic carbocycles. The molecule has 0 bridgehead atoms. The Morgan fingerprint density at radius 1 is 1.26 bits per heavy atom. The second-order valence-corrected chi connectivity index (χ2v) is 7.43. The van der Waals surface area contributed by atoms with Crippen LogP contribution in [0.1, 0.15) is 37.7 Å². The number of rotatable bonds is 5. The lowest BCUT2D eigenvalue weighted by molar-refractivity contribution is -0.147. The quantitative estimate of drug-likeness (QED) is 0.534. The van der Waals surface area contributed by atoms with Crippen molar-refractivity contribution in [1.82, 2.24) is 0 Å². The van der Waals surface area contributed by atoms with Crippen molar-refractivity contribution in [3.8, 4) is 0 Å². The molecule has 0 aromatic heterocycles. The molecule has 2 aliphatic rings. The average Bonchev–Trinajstić information content (AvgIpc) is 2.63. The monoisotopic (exact) mass is 409 g/mol. The molecule has 1 heterocycles. The van der Waals surface area contributed by atoms with E-state index in [2.05, 4.69) is 4.99 Å². The Hall–Kier alpha value is -1.69. The summed E-state index contributed by atoms with van der Waals surface area (Å²) in [4.78, 5) is 30.2. The number of ketones is 1. The third-order valence-corrected chi connectivity index (χ3v) is 5.77. The molecule has 0 amide bonds. The largest absolute Gasteiger partial charge is 0.463 e. The summed E-state index contributed by atoms with van der Waals surface area (Å²) >= 11 is 12.7. The van der Waals surface area contributed by atoms with E-state index in [1.165, 1.54) is 7.11 Å². The van der Waals surface area contributed by atoms with Crippen LogP contribution >= 0.6 is 23.2 Å². The van der Waals surface area contributed by atoms with Gasteiger partial charge in [0.15, 0.2) is 5.78 Å². The minimum atomic E-state index is -0.723. The van der Waals surface area contributed by atoms with Gasteiger partial charge in [-0.05, 0) is 31.4 Å². The molecule has 1 aliphatic heterocycles. The van der Waals surface area contributed by atoms with E-state index in [9.17, 15) is 9.59 Å². The van der Waals surface area contributed by atoms with Gasteiger partial charge < -0.3 is 9.47 Å². The smallest absolute Gasteiger partial charge is 0.315 e. The van der Waals surface area contributed by atoms with Crippen molar-refractivity contribution < 1.29 is 19.1 Å². The number of carbonyl (C=O) groups excluding carboxylic acids is 2. The van der Waals surface area contributed by atoms with E-state index in [-0.39, 0.29) is 12.4 Å². The highest BCUT2D eigenvalue weighted by Crippen LogP contribution is 2.46. The van der Waals surface area contributed by atoms with Gasteiger partial charge in [-0.3, -0.25) is 14.6 Å². The first-order valence-corrected chi connectivity index (χ1v) is 9.62. The van der Waals surface area contributed by atoms with Crippen LogP contribution in [0.15, 0.2) is 34.5 Å². The number of ether oxygens (including phenoxy) is 2. The van der Waals surface area contributed by atoms with Crippen molar-refractivity contribution in [2.45, 2.75) is 32.1 Å². The molecular weight excluding hydrogens is 389 g/mol. The molecule has 7 heteroatoms. The average molecular weight is 410 g/mol. The van der Waals surface area contributed by atoms with E-state index in [1.807, 2.05) is 0 Å². The van der Waals surface area contributed by atoms with Gasteiger partial charge in [0.1, 0.15) is 12.5 Å². The van der Waals surface area contributed by atoms with E-state index in [0.29, 0.717) is 46.3 Å². The maximum Gasteiger partial charge on any atom is 0.315 e. The Bertz CT molecular complexity index is 831. The van der Waals surface area contributed by atoms with Crippen molar-refractivity contribution in [3.05, 3.63) is 45.1 Å². The van der Waals surface area contributed by atoms with E-state index >= 15 is 0 Å². The van der Waals surface area contributed by atoms with Gasteiger partial charge in [0.2, 0.25) is 0 Å². The summed E-state index contributed by atoms with van der Waals surface area (Å²) in [6, 6.07) is 5.26. The summed E-state index contributed by atoms with van der Waals surface area (Å²) < 4.78 is 10.3. The topological polar surface area (TPSA) is 65.0 Å². The van der Waals surface area contributed by atoms with Crippen LogP contribution < -0.4 is 0 Å². The Morgan fingerprint density at radius 3 is 2.78 bits per heavy atom. The van der Waals surface area contributed by atoms with E-state index in [4.69, 9.17) is 32.7 Å². The van der Waals surface area contributed by atoms with Gasteiger partial charge in [-0.25, -0.2) is 0 Å². The van der Waals surface area contributed by atoms with Crippen LogP contribution in [0.4, 0.5) is 0 Å². The van der Waals surface area contributed by atoms with Crippen LogP contribution in [0.5, 0.6) is 0 Å². The molecule has 27 heavy (non-hydrogen) atoms. The number of allylic oxidation sites excluding steroid dienone is 2. The predicted molar refractivity (Wildman–Crippen MR) is 105 cm³/mol. The fourth-order valence-electron chi connectivity index (χ4n) is 3.72. The van der Waals surface area contributed by atoms with Gasteiger partial charge >= 0.3 is 5.97 Å². The third-order valence-electron chi connectivity index (χ3n) is 4.94. The van der Waals surface area contributed by atoms with E-state index < -0.39 is 17.8 Å². The van der Waals surface area contributed by atoms with Gasteiger partial charge in [0.25, 0.3) is 0 Å². The molecule has 0 saturated heterocycles. The van der Waals surface area contributed by atoms with Gasteiger partial charge in [-0.15, -0.1) is 0 Å². The Labute approximate surface area is 168 Å². The number of hydrogen-bond acceptors (Lipinski definition) is 5. The van der Waals surface area contributed by atoms with Crippen LogP contribution in [0.25, 0.3) is 0 Å². The van der Waals surface area contributed by atoms with Gasteiger partial charge in [-0.2, -0.15) is 0 Å². The van der Waals surface area contributed by atoms with Crippen molar-refractivity contribution in [3.63, 3.8) is 0 Å². The highest BCUT2D eigenvalue weighted by Gasteiger charge is 2.44. The van der Waals surface area contributed by atoms with Crippen molar-refractivity contribution in [2.24, 2.45) is 10.9 Å². The number of Topliss-reactive ketones (excluding diaryl/α,β-unsaturated/α-hetero) is 1. The molecule has 2 atom stereocenters. The molecule has 1 aliphatic carbocycles. The van der Waals surface area contributed by atoms with Crippen LogP contribution in [0.2, 0.25) is 10.0 Å². The summed E-state index contributed by atoms with van der Waals surface area (Å²) in [5.41, 5.74) is 2.57. The Morgan fingerprint density at radius 2 is 2.04 bits per heavy atom. The van der Waals surface area contributed by atoms with Crippen LogP contribution in [-0.4, -0.2) is 37.8 Å². The molecule has 0 spiro atoms. The minimum absolute atomic E-state index is 0.00299. The molecule has 0 N–H and O–H groups in total. The zero-order valence-corrected chi connectivity index (χ0v) is 16.8. The molecule has 3 rings (SSSR count). The zero-order valence-electron chi connectivity index (χ0n) is 15.3. The number of aliphatic imine (C=N–C) groups is 1. The number of carbonyl (C=O) groups is 2. The third kappa shape index (κ3) is 3.96. The van der Waals surface area contributed by atoms with Crippen molar-refractivity contribution in [2.75, 3.05) is 20.3 Å². The van der Waals surface area contributed by atoms with Crippen molar-refractivity contribution in [1.29, 1.82) is 0 Å². The fraction of sp³-hybridized carbons (Fsp3) is 0.450. The SMILES string of the molecule is COCCOC(=O)C1C(C)=NC2=C(C(=O)CCC2)[C@H]1c1cccc(Cl)c1Cl. The molecule has 1 unspecified atom stereocenters. The summed E-state index contributed by atoms with van der Waals surface area (Å²) in [6.07, 6.45) is 1.90. The molecule has 1 aromatic rings. The van der Waals surface area contributed by atoms with Crippen LogP contribution in [-0.2, 0) is 19.1 Å². The summed E-state index contributed by atoms with van der Waals surface area (Å²) in [5.74, 6) is -1.72. The Kier molecular flexibility index (Phi) is 6.35. The first-order valence-electron chi connectivity index (χ1n) is 8.86. The summed E-state index contributed by atoms with van der Waals surface area (Å²) in [5, 5.41) is 0.727. The lowest BCUT2D eigenvalue weighted by Crippen LogP contribution is -2.37. The van der Waals surface area contributed by atoms with E-state index in [1.54, 1.807) is 25.1 Å². The molecule has 0 saturated carbocycles. The normalized spacial score (nSPS) is 22.4. The summed E-state index contributed by atoms with van der Waals surface area (Å²) in [6.45, 7) is 2.22. The second kappa shape index (κ2) is 8.55. The predicted octanol–water partition coefficient (Wildman–Crippen LogP) is 4.36. The van der Waals surface area contributed by atoms with Crippen LogP contribution in [0, 0.1) is 5.92 Å². The molecule has 0 radical (unpaired) electrons. The fourth-order valence-corrected chi connectivity index (χ4v) is 4.15. The lowest BCUT2D eigenvalue weighted by Gasteiger charge is -2.34. The highest BCUT2D eigenvalue weighted by atomic mass is 35.5. The first-order chi connectivity index (χ1) is 13.0. The second-order valence-electron chi connectivity index (χ2n) is 6.65. The first kappa shape index (κ1) is 20.1. The number of methoxy groups -OCH3 is 1. The van der Waals surface area contributed by atoms with Gasteiger partial charge in [-0.1, -0.05) is 35.3 Å². The zero-order chi connectivity index (χ0) is 19.6. The molecule has 0 fully saturated rings. The van der Waals surface area contributed by atoms with Crippen molar-refractivity contribution >= 4 is 40.7 Å². The Balaban J connectivity index is 2.10. The minimum Gasteiger partial charge on any atom is -0.463 e. The van der Waals surface area contributed by atoms with Gasteiger partial charge in [0.05, 0.1) is 16.7 Å². The molecule has 144 valence electrons. The maximum atomic E-state index is 12.9. The summed E-state index contributed by atoms with van der Waals surface area (Å²) in [7, 11) is 1.54. The number of esters is 1. The van der Waals surface area contributed by atoms with Gasteiger partial charge in [0, 0.05) is 36.4 Å². The number of hydrogen-bond donors (Lipinski definition) is 0. The lowest BCUT2D eigenvalue weighted by atomic mass is 9.71. The highest BCUT2D eigenvalue weighted by molar-refractivity contribution is 6.42. The molecule has 5 nitrogen and oxygen atoms in total. The van der Waals surface area contributed by atoms with Crippen LogP contribution in [0.3, 0.4) is 0 Å². The maximum absolute atomic E-state index is 12.9. The number of nitrogens with zero attached hydrogens (tertiary/aromatic N) is 1. The molecular formula is C20H21Cl2NO4.